The smallest absolute Gasteiger partial charge is 0.327 e. The Labute approximate surface area is 182 Å². The van der Waals surface area contributed by atoms with E-state index < -0.39 is 12.3 Å². The summed E-state index contributed by atoms with van der Waals surface area (Å²) >= 11 is 1.79. The van der Waals surface area contributed by atoms with Crippen LogP contribution in [0, 0.1) is 0 Å². The highest BCUT2D eigenvalue weighted by molar-refractivity contribution is 7.99. The van der Waals surface area contributed by atoms with E-state index in [9.17, 15) is 14.4 Å². The zero-order valence-corrected chi connectivity index (χ0v) is 18.7. The Balaban J connectivity index is 2.35. The van der Waals surface area contributed by atoms with E-state index in [0.717, 1.165) is 17.9 Å². The van der Waals surface area contributed by atoms with Crippen molar-refractivity contribution in [2.45, 2.75) is 45.8 Å². The molecular formula is C21H32N2O6S. The zero-order valence-electron chi connectivity index (χ0n) is 17.9. The molecule has 1 aromatic rings. The number of hydrogen-bond donors (Lipinski definition) is 2. The molecule has 1 unspecified atom stereocenters. The van der Waals surface area contributed by atoms with Crippen LogP contribution in [0.3, 0.4) is 0 Å². The first kappa shape index (κ1) is 25.8. The minimum atomic E-state index is -0.778. The highest BCUT2D eigenvalue weighted by Gasteiger charge is 2.14. The van der Waals surface area contributed by atoms with Gasteiger partial charge in [-0.2, -0.15) is 11.8 Å². The van der Waals surface area contributed by atoms with Crippen molar-refractivity contribution in [2.75, 3.05) is 37.1 Å². The maximum Gasteiger partial charge on any atom is 0.327 e. The lowest BCUT2D eigenvalue weighted by molar-refractivity contribution is -0.174. The summed E-state index contributed by atoms with van der Waals surface area (Å²) in [6, 6.07) is 7.12. The van der Waals surface area contributed by atoms with Gasteiger partial charge in [0, 0.05) is 44.4 Å². The highest BCUT2D eigenvalue weighted by Crippen LogP contribution is 2.18. The van der Waals surface area contributed by atoms with Crippen molar-refractivity contribution < 1.29 is 28.6 Å². The number of amides is 2. The molecule has 30 heavy (non-hydrogen) atoms. The Bertz CT molecular complexity index is 671. The second kappa shape index (κ2) is 15.6. The lowest BCUT2D eigenvalue weighted by Crippen LogP contribution is -2.32. The number of rotatable bonds is 15. The first-order valence-electron chi connectivity index (χ1n) is 10.0. The molecule has 0 spiro atoms. The molecule has 1 rings (SSSR count). The van der Waals surface area contributed by atoms with Crippen LogP contribution in [0.25, 0.3) is 0 Å². The Hall–Kier alpha value is -2.26. The summed E-state index contributed by atoms with van der Waals surface area (Å²) in [5.41, 5.74) is 0.668. The van der Waals surface area contributed by atoms with E-state index in [0.29, 0.717) is 24.3 Å². The van der Waals surface area contributed by atoms with E-state index >= 15 is 0 Å². The van der Waals surface area contributed by atoms with Crippen molar-refractivity contribution in [1.29, 1.82) is 0 Å². The van der Waals surface area contributed by atoms with Gasteiger partial charge in [-0.3, -0.25) is 14.4 Å². The van der Waals surface area contributed by atoms with Crippen LogP contribution in [0.5, 0.6) is 5.75 Å². The molecule has 8 nitrogen and oxygen atoms in total. The summed E-state index contributed by atoms with van der Waals surface area (Å²) < 4.78 is 15.9. The van der Waals surface area contributed by atoms with Gasteiger partial charge in [-0.25, -0.2) is 0 Å². The van der Waals surface area contributed by atoms with Crippen LogP contribution in [0.4, 0.5) is 5.69 Å². The predicted molar refractivity (Wildman–Crippen MR) is 118 cm³/mol. The molecule has 2 amide bonds. The predicted octanol–water partition coefficient (Wildman–Crippen LogP) is 2.97. The van der Waals surface area contributed by atoms with Crippen LogP contribution in [0.1, 0.15) is 39.5 Å². The van der Waals surface area contributed by atoms with Crippen molar-refractivity contribution >= 4 is 35.2 Å². The summed E-state index contributed by atoms with van der Waals surface area (Å²) in [5, 5.41) is 5.24. The molecule has 168 valence electrons. The van der Waals surface area contributed by atoms with Crippen LogP contribution >= 0.6 is 11.8 Å². The number of ether oxygens (including phenoxy) is 3. The van der Waals surface area contributed by atoms with E-state index in [-0.39, 0.29) is 25.0 Å². The number of carbonyl (C=O) groups is 3. The molecule has 0 aliphatic heterocycles. The molecule has 0 fully saturated rings. The number of esters is 1. The van der Waals surface area contributed by atoms with Gasteiger partial charge in [0.1, 0.15) is 12.3 Å². The van der Waals surface area contributed by atoms with Gasteiger partial charge in [0.15, 0.2) is 0 Å². The second-order valence-corrected chi connectivity index (χ2v) is 7.72. The molecule has 1 atom stereocenters. The Morgan fingerprint density at radius 2 is 2.00 bits per heavy atom. The average molecular weight is 441 g/mol. The quantitative estimate of drug-likeness (QED) is 0.245. The lowest BCUT2D eigenvalue weighted by atomic mass is 10.3. The van der Waals surface area contributed by atoms with E-state index in [1.54, 1.807) is 36.0 Å². The molecule has 2 N–H and O–H groups in total. The summed E-state index contributed by atoms with van der Waals surface area (Å²) in [6.45, 7) is 3.50. The van der Waals surface area contributed by atoms with Crippen molar-refractivity contribution in [3.8, 4) is 5.75 Å². The number of nitrogens with one attached hydrogen (secondary N) is 2. The van der Waals surface area contributed by atoms with Crippen molar-refractivity contribution in [3.63, 3.8) is 0 Å². The zero-order chi connectivity index (χ0) is 22.2. The Morgan fingerprint density at radius 3 is 2.70 bits per heavy atom. The van der Waals surface area contributed by atoms with E-state index in [1.165, 1.54) is 20.5 Å². The van der Waals surface area contributed by atoms with Crippen LogP contribution in [0.15, 0.2) is 24.3 Å². The van der Waals surface area contributed by atoms with Gasteiger partial charge in [0.2, 0.25) is 18.1 Å². The van der Waals surface area contributed by atoms with Crippen molar-refractivity contribution in [1.82, 2.24) is 5.32 Å². The summed E-state index contributed by atoms with van der Waals surface area (Å²) in [5.74, 6) is 1.55. The molecule has 9 heteroatoms. The molecule has 0 saturated heterocycles. The van der Waals surface area contributed by atoms with Crippen LogP contribution < -0.4 is 15.4 Å². The molecule has 0 heterocycles. The van der Waals surface area contributed by atoms with Gasteiger partial charge in [-0.1, -0.05) is 19.4 Å². The van der Waals surface area contributed by atoms with Gasteiger partial charge in [0.25, 0.3) is 0 Å². The van der Waals surface area contributed by atoms with Gasteiger partial charge in [-0.15, -0.1) is 0 Å². The maximum absolute atomic E-state index is 12.0. The molecular weight excluding hydrogens is 408 g/mol. The van der Waals surface area contributed by atoms with Gasteiger partial charge in [0.05, 0.1) is 6.61 Å². The molecule has 0 aliphatic rings. The van der Waals surface area contributed by atoms with Crippen LogP contribution in [-0.2, 0) is 23.9 Å². The van der Waals surface area contributed by atoms with Crippen LogP contribution in [-0.4, -0.2) is 55.8 Å². The molecule has 0 aliphatic carbocycles. The lowest BCUT2D eigenvalue weighted by Gasteiger charge is -2.17. The first-order chi connectivity index (χ1) is 14.4. The minimum Gasteiger partial charge on any atom is -0.493 e. The number of hydrogen-bond acceptors (Lipinski definition) is 7. The monoisotopic (exact) mass is 440 g/mol. The number of benzene rings is 1. The fraction of sp³-hybridized carbons (Fsp3) is 0.571. The average Bonchev–Trinajstić information content (AvgIpc) is 2.71. The van der Waals surface area contributed by atoms with Gasteiger partial charge >= 0.3 is 5.97 Å². The van der Waals surface area contributed by atoms with E-state index in [1.807, 2.05) is 0 Å². The van der Waals surface area contributed by atoms with Gasteiger partial charge in [-0.05, 0) is 24.3 Å². The normalized spacial score (nSPS) is 11.4. The third-order valence-electron chi connectivity index (χ3n) is 3.86. The number of carbonyl (C=O) groups excluding carboxylic acids is 3. The number of thioether (sulfide) groups is 1. The van der Waals surface area contributed by atoms with Crippen molar-refractivity contribution in [2.24, 2.45) is 0 Å². The molecule has 0 bridgehead atoms. The van der Waals surface area contributed by atoms with E-state index in [4.69, 9.17) is 14.2 Å². The summed E-state index contributed by atoms with van der Waals surface area (Å²) in [6.07, 6.45) is 2.34. The third kappa shape index (κ3) is 12.3. The van der Waals surface area contributed by atoms with Crippen molar-refractivity contribution in [3.05, 3.63) is 24.3 Å². The summed E-state index contributed by atoms with van der Waals surface area (Å²) in [7, 11) is 1.42. The van der Waals surface area contributed by atoms with Crippen LogP contribution in [0.2, 0.25) is 0 Å². The molecule has 0 radical (unpaired) electrons. The molecule has 0 saturated carbocycles. The third-order valence-corrected chi connectivity index (χ3v) is 4.93. The highest BCUT2D eigenvalue weighted by atomic mass is 32.2. The molecule has 1 aromatic carbocycles. The SMILES string of the molecule is CCCCSCCC(=O)Nc1cccc(OCCC(OC)OC(=O)CNC(C)=O)c1. The van der Waals surface area contributed by atoms with E-state index in [2.05, 4.69) is 17.6 Å². The second-order valence-electron chi connectivity index (χ2n) is 6.49. The fourth-order valence-electron chi connectivity index (χ4n) is 2.28. The fourth-order valence-corrected chi connectivity index (χ4v) is 3.31. The maximum atomic E-state index is 12.0. The topological polar surface area (TPSA) is 103 Å². The van der Waals surface area contributed by atoms with Gasteiger partial charge < -0.3 is 24.8 Å². The summed E-state index contributed by atoms with van der Waals surface area (Å²) in [4.78, 5) is 34.5. The number of unbranched alkanes of at least 4 members (excludes halogenated alkanes) is 1. The Morgan fingerprint density at radius 1 is 1.20 bits per heavy atom. The standard InChI is InChI=1S/C21H32N2O6S/c1-4-5-12-30-13-10-19(25)23-17-7-6-8-18(14-17)28-11-9-21(27-3)29-20(26)15-22-16(2)24/h6-8,14,21H,4-5,9-13,15H2,1-3H3,(H,22,24)(H,23,25). The largest absolute Gasteiger partial charge is 0.493 e. The number of methoxy groups -OCH3 is 1. The minimum absolute atomic E-state index is 0.0262. The Kier molecular flexibility index (Phi) is 13.4. The molecule has 0 aromatic heterocycles. The first-order valence-corrected chi connectivity index (χ1v) is 11.2. The number of anilines is 1.